The number of rotatable bonds is 2. The smallest absolute Gasteiger partial charge is 0.217 e. The minimum atomic E-state index is -4.41. The second-order valence-electron chi connectivity index (χ2n) is 2.30. The lowest BCUT2D eigenvalue weighted by Crippen LogP contribution is -2.74. The third-order valence-corrected chi connectivity index (χ3v) is 1.22. The molecule has 0 aliphatic heterocycles. The number of hydrogen-bond donors (Lipinski definition) is 2. The van der Waals surface area contributed by atoms with Gasteiger partial charge in [0, 0.05) is 0 Å². The lowest BCUT2D eigenvalue weighted by atomic mass is 11.3. The lowest BCUT2D eigenvalue weighted by molar-refractivity contribution is -0.597. The zero-order valence-electron chi connectivity index (χ0n) is 11.2. The van der Waals surface area contributed by atoms with E-state index in [9.17, 15) is 25.9 Å². The zero-order chi connectivity index (χ0) is 15.8. The van der Waals surface area contributed by atoms with Gasteiger partial charge in [-0.25, -0.2) is 16.8 Å². The normalized spacial score (nSPS) is 9.78. The number of quaternary nitrogens is 2. The van der Waals surface area contributed by atoms with Crippen LogP contribution in [0, 0.1) is 0 Å². The molecule has 116 valence electrons. The van der Waals surface area contributed by atoms with E-state index >= 15 is 0 Å². The molecule has 0 heterocycles. The van der Waals surface area contributed by atoms with E-state index in [1.807, 2.05) is 38.8 Å². The summed E-state index contributed by atoms with van der Waals surface area (Å²) in [5, 5.41) is 4.00. The van der Waals surface area contributed by atoms with E-state index < -0.39 is 20.8 Å². The van der Waals surface area contributed by atoms with Gasteiger partial charge in [-0.05, 0) is 0 Å². The van der Waals surface area contributed by atoms with Crippen LogP contribution in [0.25, 0.3) is 0 Å². The van der Waals surface area contributed by atoms with E-state index in [4.69, 9.17) is 0 Å². The van der Waals surface area contributed by atoms with Gasteiger partial charge in [0.25, 0.3) is 0 Å². The SMILES string of the molecule is COS(=O)(=O)[O-].COS(=O)(=O)[O-].C[NH2+]C.C[NH2+]C. The predicted octanol–water partition coefficient (Wildman–Crippen LogP) is -4.20. The van der Waals surface area contributed by atoms with Gasteiger partial charge in [-0.1, -0.05) is 0 Å². The number of hydrogen-bond acceptors (Lipinski definition) is 8. The first kappa shape index (κ1) is 26.3. The highest BCUT2D eigenvalue weighted by molar-refractivity contribution is 7.81. The molecule has 0 atom stereocenters. The molecule has 0 bridgehead atoms. The minimum Gasteiger partial charge on any atom is -0.726 e. The van der Waals surface area contributed by atoms with Gasteiger partial charge in [-0.3, -0.25) is 8.37 Å². The average molecular weight is 314 g/mol. The maximum Gasteiger partial charge on any atom is 0.217 e. The molecule has 0 aromatic rings. The van der Waals surface area contributed by atoms with Gasteiger partial charge in [0.15, 0.2) is 0 Å². The molecule has 10 nitrogen and oxygen atoms in total. The highest BCUT2D eigenvalue weighted by Gasteiger charge is 1.79. The van der Waals surface area contributed by atoms with Crippen LogP contribution in [0.5, 0.6) is 0 Å². The zero-order valence-corrected chi connectivity index (χ0v) is 12.9. The van der Waals surface area contributed by atoms with E-state index in [1.54, 1.807) is 0 Å². The first-order valence-electron chi connectivity index (χ1n) is 4.46. The van der Waals surface area contributed by atoms with Crippen LogP contribution in [0.2, 0.25) is 0 Å². The highest BCUT2D eigenvalue weighted by atomic mass is 32.3. The minimum absolute atomic E-state index is 0.808. The van der Waals surface area contributed by atoms with Gasteiger partial charge < -0.3 is 19.7 Å². The van der Waals surface area contributed by atoms with Crippen LogP contribution in [0.3, 0.4) is 0 Å². The Hall–Kier alpha value is -0.340. The molecule has 0 aliphatic rings. The molecule has 0 aromatic heterocycles. The van der Waals surface area contributed by atoms with Gasteiger partial charge in [0.1, 0.15) is 0 Å². The molecule has 0 saturated heterocycles. The molecule has 0 unspecified atom stereocenters. The Bertz CT molecular complexity index is 291. The molecule has 0 spiro atoms. The van der Waals surface area contributed by atoms with Crippen molar-refractivity contribution in [3.05, 3.63) is 0 Å². The molecule has 18 heavy (non-hydrogen) atoms. The first-order valence-corrected chi connectivity index (χ1v) is 7.13. The standard InChI is InChI=1S/2C2H7N.2CH4O4S/c2*1-3-2;2*1-5-6(2,3)4/h2*3H,1-2H3;2*1H3,(H,2,3,4). The summed E-state index contributed by atoms with van der Waals surface area (Å²) in [7, 11) is 0.792. The topological polar surface area (TPSA) is 166 Å². The van der Waals surface area contributed by atoms with E-state index in [0.717, 1.165) is 14.2 Å². The number of nitrogens with two attached hydrogens (primary N) is 2. The molecule has 4 N–H and O–H groups in total. The van der Waals surface area contributed by atoms with E-state index in [-0.39, 0.29) is 0 Å². The van der Waals surface area contributed by atoms with Crippen LogP contribution in [-0.2, 0) is 29.2 Å². The maximum atomic E-state index is 9.22. The van der Waals surface area contributed by atoms with Crippen LogP contribution in [-0.4, -0.2) is 68.4 Å². The first-order chi connectivity index (χ1) is 7.95. The van der Waals surface area contributed by atoms with Crippen LogP contribution < -0.4 is 10.6 Å². The molecule has 0 amide bonds. The predicted molar refractivity (Wildman–Crippen MR) is 61.0 cm³/mol. The summed E-state index contributed by atoms with van der Waals surface area (Å²) in [6.07, 6.45) is 0. The van der Waals surface area contributed by atoms with Crippen LogP contribution >= 0.6 is 0 Å². The van der Waals surface area contributed by atoms with Crippen molar-refractivity contribution >= 4 is 20.8 Å². The molecular formula is C6H22N2O8S2. The largest absolute Gasteiger partial charge is 0.726 e. The van der Waals surface area contributed by atoms with Crippen molar-refractivity contribution in [3.63, 3.8) is 0 Å². The van der Waals surface area contributed by atoms with Crippen molar-refractivity contribution < 1.29 is 44.9 Å². The fourth-order valence-corrected chi connectivity index (χ4v) is 0. The van der Waals surface area contributed by atoms with Crippen molar-refractivity contribution in [3.8, 4) is 0 Å². The van der Waals surface area contributed by atoms with Crippen LogP contribution in [0.1, 0.15) is 0 Å². The Balaban J connectivity index is -0.0000000770. The molecule has 0 aromatic carbocycles. The summed E-state index contributed by atoms with van der Waals surface area (Å²) in [4.78, 5) is 0. The van der Waals surface area contributed by atoms with Gasteiger partial charge in [0.05, 0.1) is 42.4 Å². The van der Waals surface area contributed by atoms with E-state index in [2.05, 4.69) is 8.37 Å². The van der Waals surface area contributed by atoms with Gasteiger partial charge in [-0.2, -0.15) is 0 Å². The molecule has 12 heteroatoms. The Morgan fingerprint density at radius 1 is 0.722 bits per heavy atom. The van der Waals surface area contributed by atoms with Gasteiger partial charge in [0.2, 0.25) is 20.8 Å². The van der Waals surface area contributed by atoms with Gasteiger partial charge >= 0.3 is 0 Å². The summed E-state index contributed by atoms with van der Waals surface area (Å²) >= 11 is 0. The maximum absolute atomic E-state index is 9.22. The summed E-state index contributed by atoms with van der Waals surface area (Å²) in [5.74, 6) is 0. The molecule has 0 aliphatic carbocycles. The second-order valence-corrected chi connectivity index (χ2v) is 4.60. The highest BCUT2D eigenvalue weighted by Crippen LogP contribution is 1.74. The van der Waals surface area contributed by atoms with Crippen LogP contribution in [0.15, 0.2) is 0 Å². The summed E-state index contributed by atoms with van der Waals surface area (Å²) in [6.45, 7) is 0. The Morgan fingerprint density at radius 3 is 0.778 bits per heavy atom. The summed E-state index contributed by atoms with van der Waals surface area (Å²) in [6, 6.07) is 0. The lowest BCUT2D eigenvalue weighted by Gasteiger charge is -1.98. The molecular weight excluding hydrogens is 292 g/mol. The Morgan fingerprint density at radius 2 is 0.778 bits per heavy atom. The van der Waals surface area contributed by atoms with Crippen molar-refractivity contribution in [2.24, 2.45) is 0 Å². The third-order valence-electron chi connectivity index (χ3n) is 0.408. The van der Waals surface area contributed by atoms with Crippen LogP contribution in [0.4, 0.5) is 0 Å². The van der Waals surface area contributed by atoms with E-state index in [1.165, 1.54) is 0 Å². The van der Waals surface area contributed by atoms with Crippen molar-refractivity contribution in [2.45, 2.75) is 0 Å². The molecule has 0 fully saturated rings. The van der Waals surface area contributed by atoms with Gasteiger partial charge in [-0.15, -0.1) is 0 Å². The Kier molecular flexibility index (Phi) is 24.3. The summed E-state index contributed by atoms with van der Waals surface area (Å²) in [5.41, 5.74) is 0. The average Bonchev–Trinajstić information content (AvgIpc) is 2.19. The Labute approximate surface area is 109 Å². The van der Waals surface area contributed by atoms with Crippen molar-refractivity contribution in [1.29, 1.82) is 0 Å². The third kappa shape index (κ3) is 105. The fourth-order valence-electron chi connectivity index (χ4n) is 0. The monoisotopic (exact) mass is 314 g/mol. The van der Waals surface area contributed by atoms with Crippen molar-refractivity contribution in [2.75, 3.05) is 42.4 Å². The molecule has 0 rings (SSSR count). The molecule has 0 saturated carbocycles. The summed E-state index contributed by atoms with van der Waals surface area (Å²) < 4.78 is 62.0. The van der Waals surface area contributed by atoms with E-state index in [0.29, 0.717) is 0 Å². The quantitative estimate of drug-likeness (QED) is 0.382. The molecule has 0 radical (unpaired) electrons. The van der Waals surface area contributed by atoms with Crippen molar-refractivity contribution in [1.82, 2.24) is 0 Å². The second kappa shape index (κ2) is 16.7. The fraction of sp³-hybridized carbons (Fsp3) is 1.00.